The zero-order valence-corrected chi connectivity index (χ0v) is 8.07. The van der Waals surface area contributed by atoms with E-state index in [0.29, 0.717) is 0 Å². The van der Waals surface area contributed by atoms with Crippen LogP contribution in [0.5, 0.6) is 0 Å². The fourth-order valence-corrected chi connectivity index (χ4v) is 1.82. The molecule has 0 aliphatic rings. The highest BCUT2D eigenvalue weighted by molar-refractivity contribution is 6.31. The molecular weight excluding hydrogens is 196 g/mol. The van der Waals surface area contributed by atoms with E-state index in [9.17, 15) is 0 Å². The van der Waals surface area contributed by atoms with Crippen LogP contribution in [0.1, 0.15) is 0 Å². The van der Waals surface area contributed by atoms with Crippen molar-refractivity contribution >= 4 is 28.2 Å². The summed E-state index contributed by atoms with van der Waals surface area (Å²) < 4.78 is 2.10. The first-order valence-electron chi connectivity index (χ1n) is 4.36. The van der Waals surface area contributed by atoms with E-state index >= 15 is 0 Å². The highest BCUT2D eigenvalue weighted by Crippen LogP contribution is 2.18. The largest absolute Gasteiger partial charge is 0.314 e. The Morgan fingerprint density at radius 3 is 3.07 bits per heavy atom. The molecule has 2 nitrogen and oxygen atoms in total. The van der Waals surface area contributed by atoms with Crippen molar-refractivity contribution in [1.29, 1.82) is 0 Å². The number of benzene rings is 1. The summed E-state index contributed by atoms with van der Waals surface area (Å²) in [5.41, 5.74) is 3.10. The van der Waals surface area contributed by atoms with E-state index in [4.69, 9.17) is 11.6 Å². The molecule has 0 atom stereocenters. The van der Waals surface area contributed by atoms with Crippen LogP contribution in [0.3, 0.4) is 0 Å². The van der Waals surface area contributed by atoms with Gasteiger partial charge in [0, 0.05) is 11.2 Å². The normalized spacial score (nSPS) is 11.2. The topological polar surface area (TPSA) is 17.3 Å². The third-order valence-corrected chi connectivity index (χ3v) is 2.55. The van der Waals surface area contributed by atoms with Gasteiger partial charge in [-0.2, -0.15) is 0 Å². The minimum Gasteiger partial charge on any atom is -0.314 e. The van der Waals surface area contributed by atoms with Gasteiger partial charge in [-0.3, -0.25) is 4.98 Å². The fourth-order valence-electron chi connectivity index (χ4n) is 1.66. The molecule has 0 saturated heterocycles. The van der Waals surface area contributed by atoms with Gasteiger partial charge < -0.3 is 4.40 Å². The number of halogens is 1. The Labute approximate surface area is 85.8 Å². The lowest BCUT2D eigenvalue weighted by atomic mass is 10.3. The van der Waals surface area contributed by atoms with Crippen LogP contribution in [0.4, 0.5) is 0 Å². The lowest BCUT2D eigenvalue weighted by Gasteiger charge is -2.01. The summed E-state index contributed by atoms with van der Waals surface area (Å²) in [6, 6.07) is 9.77. The monoisotopic (exact) mass is 202 g/mol. The summed E-state index contributed by atoms with van der Waals surface area (Å²) in [6.45, 7) is 0. The average Bonchev–Trinajstić information content (AvgIpc) is 2.65. The minimum atomic E-state index is 0.719. The SMILES string of the molecule is Clc1ccc2c(c1)ncc1cccn12. The highest BCUT2D eigenvalue weighted by atomic mass is 35.5. The molecule has 0 unspecified atom stereocenters. The maximum Gasteiger partial charge on any atom is 0.0885 e. The maximum absolute atomic E-state index is 5.89. The van der Waals surface area contributed by atoms with Crippen molar-refractivity contribution < 1.29 is 0 Å². The summed E-state index contributed by atoms with van der Waals surface area (Å²) in [4.78, 5) is 4.34. The Morgan fingerprint density at radius 1 is 1.21 bits per heavy atom. The Bertz CT molecular complexity index is 613. The second kappa shape index (κ2) is 2.72. The van der Waals surface area contributed by atoms with Crippen LogP contribution in [0.25, 0.3) is 16.6 Å². The minimum absolute atomic E-state index is 0.719. The third kappa shape index (κ3) is 1.01. The van der Waals surface area contributed by atoms with Crippen molar-refractivity contribution in [2.45, 2.75) is 0 Å². The van der Waals surface area contributed by atoms with Gasteiger partial charge in [0.2, 0.25) is 0 Å². The highest BCUT2D eigenvalue weighted by Gasteiger charge is 2.00. The number of nitrogens with zero attached hydrogens (tertiary/aromatic N) is 2. The Balaban J connectivity index is 2.57. The Kier molecular flexibility index (Phi) is 1.52. The molecule has 0 saturated carbocycles. The smallest absolute Gasteiger partial charge is 0.0885 e. The van der Waals surface area contributed by atoms with Crippen molar-refractivity contribution in [2.24, 2.45) is 0 Å². The van der Waals surface area contributed by atoms with Crippen molar-refractivity contribution in [3.63, 3.8) is 0 Å². The number of aromatic nitrogens is 2. The van der Waals surface area contributed by atoms with Crippen LogP contribution in [-0.4, -0.2) is 9.38 Å². The molecule has 2 aromatic heterocycles. The molecule has 68 valence electrons. The van der Waals surface area contributed by atoms with Gasteiger partial charge in [0.25, 0.3) is 0 Å². The molecule has 3 aromatic rings. The van der Waals surface area contributed by atoms with Crippen molar-refractivity contribution in [3.05, 3.63) is 47.7 Å². The quantitative estimate of drug-likeness (QED) is 0.548. The van der Waals surface area contributed by atoms with E-state index in [0.717, 1.165) is 21.6 Å². The van der Waals surface area contributed by atoms with Crippen LogP contribution >= 0.6 is 11.6 Å². The lowest BCUT2D eigenvalue weighted by Crippen LogP contribution is -1.88. The van der Waals surface area contributed by atoms with Crippen LogP contribution in [0.2, 0.25) is 5.02 Å². The van der Waals surface area contributed by atoms with Gasteiger partial charge in [0.1, 0.15) is 0 Å². The fraction of sp³-hybridized carbons (Fsp3) is 0. The van der Waals surface area contributed by atoms with E-state index in [1.165, 1.54) is 0 Å². The molecule has 0 amide bonds. The van der Waals surface area contributed by atoms with E-state index in [1.54, 1.807) is 0 Å². The second-order valence-electron chi connectivity index (χ2n) is 3.19. The van der Waals surface area contributed by atoms with E-state index in [2.05, 4.69) is 9.38 Å². The maximum atomic E-state index is 5.89. The lowest BCUT2D eigenvalue weighted by molar-refractivity contribution is 1.23. The molecule has 3 heteroatoms. The molecule has 3 rings (SSSR count). The van der Waals surface area contributed by atoms with E-state index in [-0.39, 0.29) is 0 Å². The molecule has 0 radical (unpaired) electrons. The van der Waals surface area contributed by atoms with Gasteiger partial charge in [0.05, 0.1) is 22.7 Å². The molecule has 1 aromatic carbocycles. The van der Waals surface area contributed by atoms with E-state index < -0.39 is 0 Å². The summed E-state index contributed by atoms with van der Waals surface area (Å²) in [5, 5.41) is 0.719. The molecule has 0 spiro atoms. The predicted octanol–water partition coefficient (Wildman–Crippen LogP) is 3.14. The van der Waals surface area contributed by atoms with Gasteiger partial charge in [-0.15, -0.1) is 0 Å². The van der Waals surface area contributed by atoms with Crippen LogP contribution in [0.15, 0.2) is 42.7 Å². The summed E-state index contributed by atoms with van der Waals surface area (Å²) in [6.07, 6.45) is 3.87. The van der Waals surface area contributed by atoms with Gasteiger partial charge >= 0.3 is 0 Å². The van der Waals surface area contributed by atoms with E-state index in [1.807, 2.05) is 42.7 Å². The van der Waals surface area contributed by atoms with Crippen LogP contribution < -0.4 is 0 Å². The molecule has 2 heterocycles. The summed E-state index contributed by atoms with van der Waals surface area (Å²) >= 11 is 5.89. The Hall–Kier alpha value is -1.54. The standard InChI is InChI=1S/C11H7ClN2/c12-8-3-4-11-10(6-8)13-7-9-2-1-5-14(9)11/h1-7H. The van der Waals surface area contributed by atoms with Crippen molar-refractivity contribution in [1.82, 2.24) is 9.38 Å². The first kappa shape index (κ1) is 7.83. The van der Waals surface area contributed by atoms with Crippen molar-refractivity contribution in [2.75, 3.05) is 0 Å². The molecule has 14 heavy (non-hydrogen) atoms. The second-order valence-corrected chi connectivity index (χ2v) is 3.63. The first-order valence-corrected chi connectivity index (χ1v) is 4.74. The third-order valence-electron chi connectivity index (χ3n) is 2.31. The van der Waals surface area contributed by atoms with Gasteiger partial charge in [0.15, 0.2) is 0 Å². The van der Waals surface area contributed by atoms with Crippen LogP contribution in [0, 0.1) is 0 Å². The van der Waals surface area contributed by atoms with Gasteiger partial charge in [-0.05, 0) is 30.3 Å². The summed E-state index contributed by atoms with van der Waals surface area (Å²) in [7, 11) is 0. The predicted molar refractivity (Wildman–Crippen MR) is 57.7 cm³/mol. The van der Waals surface area contributed by atoms with Crippen LogP contribution in [-0.2, 0) is 0 Å². The molecule has 0 aliphatic carbocycles. The zero-order valence-electron chi connectivity index (χ0n) is 7.31. The summed E-state index contributed by atoms with van der Waals surface area (Å²) in [5.74, 6) is 0. The van der Waals surface area contributed by atoms with Gasteiger partial charge in [-0.1, -0.05) is 11.6 Å². The number of hydrogen-bond acceptors (Lipinski definition) is 1. The van der Waals surface area contributed by atoms with Gasteiger partial charge in [-0.25, -0.2) is 0 Å². The molecular formula is C11H7ClN2. The Morgan fingerprint density at radius 2 is 2.14 bits per heavy atom. The first-order chi connectivity index (χ1) is 6.84. The molecule has 0 N–H and O–H groups in total. The van der Waals surface area contributed by atoms with Crippen molar-refractivity contribution in [3.8, 4) is 0 Å². The zero-order chi connectivity index (χ0) is 9.54. The molecule has 0 bridgehead atoms. The average molecular weight is 203 g/mol. The molecule has 0 aliphatic heterocycles. The number of rotatable bonds is 0. The molecule has 0 fully saturated rings. The number of hydrogen-bond donors (Lipinski definition) is 0. The number of fused-ring (bicyclic) bond motifs is 3.